The molecule has 56 valence electrons. The normalized spacial score (nSPS) is 11.2. The van der Waals surface area contributed by atoms with Crippen molar-refractivity contribution >= 4 is 25.4 Å². The third-order valence-corrected chi connectivity index (χ3v) is 1.40. The van der Waals surface area contributed by atoms with E-state index in [-0.39, 0.29) is 0 Å². The van der Waals surface area contributed by atoms with Crippen LogP contribution in [0.25, 0.3) is 0 Å². The summed E-state index contributed by atoms with van der Waals surface area (Å²) in [5, 5.41) is 0. The third-order valence-electron chi connectivity index (χ3n) is 0.959. The van der Waals surface area contributed by atoms with Crippen molar-refractivity contribution in [1.29, 1.82) is 0 Å². The first-order valence-corrected chi connectivity index (χ1v) is 3.68. The molecule has 0 aliphatic rings. The predicted molar refractivity (Wildman–Crippen MR) is 53.4 cm³/mol. The number of hydrogen-bond donors (Lipinski definition) is 3. The highest BCUT2D eigenvalue weighted by atomic mass is 32.1. The van der Waals surface area contributed by atoms with Crippen molar-refractivity contribution in [1.82, 2.24) is 4.72 Å². The molecule has 0 heterocycles. The van der Waals surface area contributed by atoms with Gasteiger partial charge in [0.25, 0.3) is 0 Å². The first-order valence-electron chi connectivity index (χ1n) is 2.79. The summed E-state index contributed by atoms with van der Waals surface area (Å²) in [6, 6.07) is 0. The summed E-state index contributed by atoms with van der Waals surface area (Å²) in [4.78, 5) is 0.737. The van der Waals surface area contributed by atoms with Crippen LogP contribution in [0.3, 0.4) is 0 Å². The van der Waals surface area contributed by atoms with Crippen LogP contribution in [0.5, 0.6) is 0 Å². The molecule has 3 heteroatoms. The largest absolute Gasteiger partial charge is 0.262 e. The summed E-state index contributed by atoms with van der Waals surface area (Å²) in [5.74, 6) is 0. The maximum atomic E-state index is 4.08. The van der Waals surface area contributed by atoms with Crippen molar-refractivity contribution in [3.63, 3.8) is 0 Å². The molecular formula is C7H11NS2. The van der Waals surface area contributed by atoms with E-state index < -0.39 is 0 Å². The maximum absolute atomic E-state index is 4.08. The Morgan fingerprint density at radius 1 is 1.60 bits per heavy atom. The second-order valence-electron chi connectivity index (χ2n) is 1.71. The van der Waals surface area contributed by atoms with Gasteiger partial charge in [-0.05, 0) is 5.57 Å². The lowest BCUT2D eigenvalue weighted by Gasteiger charge is -2.01. The number of rotatable bonds is 4. The number of hydrogen-bond acceptors (Lipinski definition) is 3. The van der Waals surface area contributed by atoms with Crippen LogP contribution >= 0.6 is 25.4 Å². The fourth-order valence-corrected chi connectivity index (χ4v) is 0.809. The highest BCUT2D eigenvalue weighted by Crippen LogP contribution is 2.10. The van der Waals surface area contributed by atoms with E-state index >= 15 is 0 Å². The van der Waals surface area contributed by atoms with Gasteiger partial charge in [-0.3, -0.25) is 4.72 Å². The van der Waals surface area contributed by atoms with E-state index in [1.807, 2.05) is 6.08 Å². The second-order valence-corrected chi connectivity index (χ2v) is 2.57. The fraction of sp³-hybridized carbons (Fsp3) is 0.143. The van der Waals surface area contributed by atoms with Crippen molar-refractivity contribution < 1.29 is 0 Å². The molecule has 0 bridgehead atoms. The van der Waals surface area contributed by atoms with E-state index in [9.17, 15) is 0 Å². The van der Waals surface area contributed by atoms with Crippen LogP contribution in [0.15, 0.2) is 35.8 Å². The molecule has 0 radical (unpaired) electrons. The van der Waals surface area contributed by atoms with E-state index in [1.54, 1.807) is 6.08 Å². The molecule has 0 unspecified atom stereocenters. The quantitative estimate of drug-likeness (QED) is 0.436. The van der Waals surface area contributed by atoms with Gasteiger partial charge in [-0.1, -0.05) is 38.1 Å². The Kier molecular flexibility index (Phi) is 5.58. The molecule has 0 aromatic heterocycles. The molecule has 0 aliphatic heterocycles. The minimum absolute atomic E-state index is 0.650. The second kappa shape index (κ2) is 5.65. The van der Waals surface area contributed by atoms with Crippen LogP contribution in [-0.2, 0) is 0 Å². The standard InChI is InChI=1S/C7H11NS2/c1-3-4-7(5-8-10)6(2)9/h3-4,8-10H,1-2,5H2/b7-4-. The number of allylic oxidation sites excluding steroid dienone is 2. The molecule has 10 heavy (non-hydrogen) atoms. The van der Waals surface area contributed by atoms with Gasteiger partial charge < -0.3 is 0 Å². The van der Waals surface area contributed by atoms with Crippen LogP contribution in [0.1, 0.15) is 0 Å². The monoisotopic (exact) mass is 173 g/mol. The van der Waals surface area contributed by atoms with Crippen molar-refractivity contribution in [3.05, 3.63) is 35.8 Å². The molecule has 0 aromatic rings. The molecule has 0 aromatic carbocycles. The smallest absolute Gasteiger partial charge is 0.0318 e. The summed E-state index contributed by atoms with van der Waals surface area (Å²) in [7, 11) is 0. The van der Waals surface area contributed by atoms with Gasteiger partial charge in [0.2, 0.25) is 0 Å². The van der Waals surface area contributed by atoms with Crippen LogP contribution in [0, 0.1) is 0 Å². The molecule has 0 aliphatic carbocycles. The summed E-state index contributed by atoms with van der Waals surface area (Å²) in [6.45, 7) is 7.88. The summed E-state index contributed by atoms with van der Waals surface area (Å²) in [6.07, 6.45) is 3.54. The van der Waals surface area contributed by atoms with Crippen molar-refractivity contribution in [2.45, 2.75) is 0 Å². The van der Waals surface area contributed by atoms with Gasteiger partial charge in [0.15, 0.2) is 0 Å². The SMILES string of the molecule is C=C/C=C(/CNS)C(=C)S. The molecule has 0 saturated heterocycles. The van der Waals surface area contributed by atoms with E-state index in [2.05, 4.69) is 43.3 Å². The van der Waals surface area contributed by atoms with Gasteiger partial charge >= 0.3 is 0 Å². The third kappa shape index (κ3) is 3.82. The Balaban J connectivity index is 4.11. The minimum atomic E-state index is 0.650. The topological polar surface area (TPSA) is 12.0 Å². The molecule has 0 rings (SSSR count). The highest BCUT2D eigenvalue weighted by molar-refractivity contribution is 7.84. The number of thiol groups is 2. The molecule has 0 saturated carbocycles. The molecule has 0 amide bonds. The van der Waals surface area contributed by atoms with Crippen molar-refractivity contribution in [2.75, 3.05) is 6.54 Å². The average Bonchev–Trinajstić information content (AvgIpc) is 1.87. The zero-order valence-electron chi connectivity index (χ0n) is 5.67. The molecule has 0 atom stereocenters. The van der Waals surface area contributed by atoms with Gasteiger partial charge in [0.1, 0.15) is 0 Å². The van der Waals surface area contributed by atoms with Gasteiger partial charge in [-0.25, -0.2) is 0 Å². The Hall–Kier alpha value is -0.120. The lowest BCUT2D eigenvalue weighted by atomic mass is 10.2. The average molecular weight is 173 g/mol. The van der Waals surface area contributed by atoms with Gasteiger partial charge in [-0.2, -0.15) is 0 Å². The van der Waals surface area contributed by atoms with E-state index in [0.717, 1.165) is 10.5 Å². The van der Waals surface area contributed by atoms with Crippen LogP contribution in [0.2, 0.25) is 0 Å². The maximum Gasteiger partial charge on any atom is 0.0318 e. The highest BCUT2D eigenvalue weighted by Gasteiger charge is 1.93. The first kappa shape index (κ1) is 9.88. The van der Waals surface area contributed by atoms with E-state index in [1.165, 1.54) is 0 Å². The van der Waals surface area contributed by atoms with Crippen molar-refractivity contribution in [2.24, 2.45) is 0 Å². The van der Waals surface area contributed by atoms with E-state index in [4.69, 9.17) is 0 Å². The zero-order chi connectivity index (χ0) is 7.98. The van der Waals surface area contributed by atoms with Crippen LogP contribution in [0.4, 0.5) is 0 Å². The fourth-order valence-electron chi connectivity index (χ4n) is 0.485. The van der Waals surface area contributed by atoms with Crippen molar-refractivity contribution in [3.8, 4) is 0 Å². The van der Waals surface area contributed by atoms with Gasteiger partial charge in [0, 0.05) is 11.4 Å². The first-order chi connectivity index (χ1) is 4.72. The Morgan fingerprint density at radius 3 is 2.50 bits per heavy atom. The van der Waals surface area contributed by atoms with E-state index in [0.29, 0.717) is 6.54 Å². The van der Waals surface area contributed by atoms with Gasteiger partial charge in [0.05, 0.1) is 0 Å². The minimum Gasteiger partial charge on any atom is -0.262 e. The Morgan fingerprint density at radius 2 is 2.20 bits per heavy atom. The lowest BCUT2D eigenvalue weighted by Crippen LogP contribution is -2.04. The lowest BCUT2D eigenvalue weighted by molar-refractivity contribution is 1.09. The Labute approximate surface area is 72.9 Å². The Bertz CT molecular complexity index is 161. The summed E-state index contributed by atoms with van der Waals surface area (Å²) < 4.78 is 2.70. The summed E-state index contributed by atoms with van der Waals surface area (Å²) in [5.41, 5.74) is 0.994. The van der Waals surface area contributed by atoms with Gasteiger partial charge in [-0.15, -0.1) is 12.6 Å². The molecule has 1 N–H and O–H groups in total. The van der Waals surface area contributed by atoms with Crippen LogP contribution in [-0.4, -0.2) is 6.54 Å². The van der Waals surface area contributed by atoms with Crippen LogP contribution < -0.4 is 4.72 Å². The molecule has 0 fully saturated rings. The zero-order valence-corrected chi connectivity index (χ0v) is 7.46. The predicted octanol–water partition coefficient (Wildman–Crippen LogP) is 1.98. The number of nitrogens with one attached hydrogen (secondary N) is 1. The summed E-state index contributed by atoms with van der Waals surface area (Å²) >= 11 is 7.92. The molecule has 1 nitrogen and oxygen atoms in total. The molecule has 0 spiro atoms. The molecular weight excluding hydrogens is 162 g/mol.